The van der Waals surface area contributed by atoms with E-state index < -0.39 is 0 Å². The first-order chi connectivity index (χ1) is 6.66. The predicted molar refractivity (Wildman–Crippen MR) is 47.5 cm³/mol. The molecule has 0 unspecified atom stereocenters. The number of nitrogen functional groups attached to an aromatic ring is 1. The molecule has 2 rings (SSSR count). The maximum atomic E-state index is 9.42. The molecule has 72 valence electrons. The number of phenolic OH excluding ortho intramolecular Hbond substituents is 2. The Balaban J connectivity index is 2.55. The van der Waals surface area contributed by atoms with Crippen LogP contribution < -0.4 is 5.73 Å². The summed E-state index contributed by atoms with van der Waals surface area (Å²) in [5, 5.41) is 25.6. The Morgan fingerprint density at radius 3 is 2.64 bits per heavy atom. The molecule has 1 aromatic heterocycles. The van der Waals surface area contributed by atoms with Gasteiger partial charge in [-0.05, 0) is 18.2 Å². The molecule has 0 saturated carbocycles. The van der Waals surface area contributed by atoms with Gasteiger partial charge in [0.1, 0.15) is 11.5 Å². The standard InChI is InChI=1S/C8H7N3O3/c9-8-11-10-7(14-8)5-3-4(12)1-2-6(5)13/h1-3,12-13H,(H2,9,11). The van der Waals surface area contributed by atoms with E-state index in [1.165, 1.54) is 18.2 Å². The Bertz CT molecular complexity index is 467. The Morgan fingerprint density at radius 1 is 1.21 bits per heavy atom. The normalized spacial score (nSPS) is 10.3. The average Bonchev–Trinajstić information content (AvgIpc) is 2.56. The Hall–Kier alpha value is -2.24. The molecule has 1 aromatic carbocycles. The Labute approximate surface area is 78.6 Å². The van der Waals surface area contributed by atoms with Gasteiger partial charge in [0.15, 0.2) is 0 Å². The van der Waals surface area contributed by atoms with E-state index in [0.717, 1.165) is 0 Å². The summed E-state index contributed by atoms with van der Waals surface area (Å²) in [4.78, 5) is 0. The van der Waals surface area contributed by atoms with E-state index in [1.54, 1.807) is 0 Å². The van der Waals surface area contributed by atoms with Gasteiger partial charge in [-0.15, -0.1) is 5.10 Å². The topological polar surface area (TPSA) is 105 Å². The van der Waals surface area contributed by atoms with Gasteiger partial charge in [0.25, 0.3) is 5.89 Å². The highest BCUT2D eigenvalue weighted by atomic mass is 16.4. The zero-order valence-corrected chi connectivity index (χ0v) is 7.01. The van der Waals surface area contributed by atoms with Crippen molar-refractivity contribution >= 4 is 6.01 Å². The number of benzene rings is 1. The second-order valence-electron chi connectivity index (χ2n) is 2.65. The first-order valence-corrected chi connectivity index (χ1v) is 3.78. The van der Waals surface area contributed by atoms with Crippen LogP contribution in [-0.2, 0) is 0 Å². The fourth-order valence-corrected chi connectivity index (χ4v) is 1.04. The lowest BCUT2D eigenvalue weighted by Crippen LogP contribution is -1.81. The minimum atomic E-state index is -0.0947. The molecular weight excluding hydrogens is 186 g/mol. The molecule has 2 aromatic rings. The van der Waals surface area contributed by atoms with E-state index >= 15 is 0 Å². The molecule has 0 radical (unpaired) electrons. The van der Waals surface area contributed by atoms with Crippen molar-refractivity contribution in [2.75, 3.05) is 5.73 Å². The first kappa shape index (κ1) is 8.36. The van der Waals surface area contributed by atoms with Crippen LogP contribution in [-0.4, -0.2) is 20.4 Å². The maximum absolute atomic E-state index is 9.42. The highest BCUT2D eigenvalue weighted by Gasteiger charge is 2.11. The van der Waals surface area contributed by atoms with Gasteiger partial charge in [-0.2, -0.15) is 0 Å². The summed E-state index contributed by atoms with van der Waals surface area (Å²) in [5.41, 5.74) is 5.46. The molecule has 0 spiro atoms. The van der Waals surface area contributed by atoms with Crippen molar-refractivity contribution in [2.24, 2.45) is 0 Å². The van der Waals surface area contributed by atoms with E-state index in [0.29, 0.717) is 0 Å². The third kappa shape index (κ3) is 1.33. The minimum absolute atomic E-state index is 0.00503. The molecule has 0 aliphatic heterocycles. The number of anilines is 1. The summed E-state index contributed by atoms with van der Waals surface area (Å²) in [7, 11) is 0. The lowest BCUT2D eigenvalue weighted by Gasteiger charge is -1.99. The van der Waals surface area contributed by atoms with Crippen molar-refractivity contribution in [3.63, 3.8) is 0 Å². The number of nitrogens with zero attached hydrogens (tertiary/aromatic N) is 2. The third-order valence-electron chi connectivity index (χ3n) is 1.65. The number of aromatic hydroxyl groups is 2. The quantitative estimate of drug-likeness (QED) is 0.576. The van der Waals surface area contributed by atoms with Crippen LogP contribution in [0.25, 0.3) is 11.5 Å². The van der Waals surface area contributed by atoms with Crippen LogP contribution in [0.3, 0.4) is 0 Å². The van der Waals surface area contributed by atoms with E-state index in [1.807, 2.05) is 0 Å². The molecule has 14 heavy (non-hydrogen) atoms. The monoisotopic (exact) mass is 193 g/mol. The Kier molecular flexibility index (Phi) is 1.74. The number of hydrogen-bond acceptors (Lipinski definition) is 6. The number of hydrogen-bond donors (Lipinski definition) is 3. The molecule has 0 amide bonds. The second kappa shape index (κ2) is 2.91. The minimum Gasteiger partial charge on any atom is -0.508 e. The maximum Gasteiger partial charge on any atom is 0.313 e. The van der Waals surface area contributed by atoms with Crippen molar-refractivity contribution in [3.05, 3.63) is 18.2 Å². The van der Waals surface area contributed by atoms with E-state index in [9.17, 15) is 10.2 Å². The first-order valence-electron chi connectivity index (χ1n) is 3.78. The summed E-state index contributed by atoms with van der Waals surface area (Å²) in [6.45, 7) is 0. The molecule has 0 bridgehead atoms. The SMILES string of the molecule is Nc1nnc(-c2cc(O)ccc2O)o1. The van der Waals surface area contributed by atoms with Gasteiger partial charge in [-0.3, -0.25) is 0 Å². The van der Waals surface area contributed by atoms with Crippen LogP contribution in [0.4, 0.5) is 6.01 Å². The molecular formula is C8H7N3O3. The van der Waals surface area contributed by atoms with Gasteiger partial charge in [-0.1, -0.05) is 5.10 Å². The van der Waals surface area contributed by atoms with Crippen LogP contribution in [0.1, 0.15) is 0 Å². The molecule has 0 atom stereocenters. The zero-order chi connectivity index (χ0) is 10.1. The molecule has 0 aliphatic carbocycles. The molecule has 6 nitrogen and oxygen atoms in total. The molecule has 0 fully saturated rings. The smallest absolute Gasteiger partial charge is 0.313 e. The second-order valence-corrected chi connectivity index (χ2v) is 2.65. The van der Waals surface area contributed by atoms with Crippen LogP contribution in [0.2, 0.25) is 0 Å². The highest BCUT2D eigenvalue weighted by molar-refractivity contribution is 5.64. The third-order valence-corrected chi connectivity index (χ3v) is 1.65. The average molecular weight is 193 g/mol. The van der Waals surface area contributed by atoms with Gasteiger partial charge < -0.3 is 20.4 Å². The van der Waals surface area contributed by atoms with Crippen molar-refractivity contribution in [2.45, 2.75) is 0 Å². The van der Waals surface area contributed by atoms with Crippen molar-refractivity contribution in [3.8, 4) is 23.0 Å². The van der Waals surface area contributed by atoms with Crippen LogP contribution in [0.15, 0.2) is 22.6 Å². The fraction of sp³-hybridized carbons (Fsp3) is 0. The molecule has 1 heterocycles. The molecule has 0 saturated heterocycles. The van der Waals surface area contributed by atoms with Crippen molar-refractivity contribution in [1.82, 2.24) is 10.2 Å². The molecule has 6 heteroatoms. The number of aromatic nitrogens is 2. The lowest BCUT2D eigenvalue weighted by atomic mass is 10.2. The number of nitrogens with two attached hydrogens (primary N) is 1. The number of phenols is 2. The predicted octanol–water partition coefficient (Wildman–Crippen LogP) is 0.730. The highest BCUT2D eigenvalue weighted by Crippen LogP contribution is 2.31. The number of rotatable bonds is 1. The molecule has 4 N–H and O–H groups in total. The van der Waals surface area contributed by atoms with Crippen molar-refractivity contribution < 1.29 is 14.6 Å². The summed E-state index contributed by atoms with van der Waals surface area (Å²) in [6.07, 6.45) is 0. The summed E-state index contributed by atoms with van der Waals surface area (Å²) in [5.74, 6) is -0.00285. The van der Waals surface area contributed by atoms with Gasteiger partial charge in [0, 0.05) is 0 Å². The summed E-state index contributed by atoms with van der Waals surface area (Å²) in [6, 6.07) is 3.88. The summed E-state index contributed by atoms with van der Waals surface area (Å²) < 4.78 is 4.89. The van der Waals surface area contributed by atoms with Crippen molar-refractivity contribution in [1.29, 1.82) is 0 Å². The van der Waals surface area contributed by atoms with Gasteiger partial charge >= 0.3 is 6.01 Å². The van der Waals surface area contributed by atoms with E-state index in [2.05, 4.69) is 10.2 Å². The fourth-order valence-electron chi connectivity index (χ4n) is 1.04. The zero-order valence-electron chi connectivity index (χ0n) is 7.01. The van der Waals surface area contributed by atoms with Crippen LogP contribution >= 0.6 is 0 Å². The van der Waals surface area contributed by atoms with Gasteiger partial charge in [0.2, 0.25) is 0 Å². The largest absolute Gasteiger partial charge is 0.508 e. The van der Waals surface area contributed by atoms with Crippen LogP contribution in [0.5, 0.6) is 11.5 Å². The summed E-state index contributed by atoms with van der Waals surface area (Å²) >= 11 is 0. The van der Waals surface area contributed by atoms with Gasteiger partial charge in [0.05, 0.1) is 5.56 Å². The van der Waals surface area contributed by atoms with Gasteiger partial charge in [-0.25, -0.2) is 0 Å². The van der Waals surface area contributed by atoms with E-state index in [4.69, 9.17) is 10.2 Å². The lowest BCUT2D eigenvalue weighted by molar-refractivity contribution is 0.459. The molecule has 0 aliphatic rings. The van der Waals surface area contributed by atoms with E-state index in [-0.39, 0.29) is 29.0 Å². The Morgan fingerprint density at radius 2 is 2.00 bits per heavy atom. The van der Waals surface area contributed by atoms with Crippen LogP contribution in [0, 0.1) is 0 Å².